The minimum atomic E-state index is -3.08. The van der Waals surface area contributed by atoms with Gasteiger partial charge >= 0.3 is 5.97 Å². The predicted octanol–water partition coefficient (Wildman–Crippen LogP) is 3.80. The highest BCUT2D eigenvalue weighted by atomic mass is 32.2. The number of fused-ring (bicyclic) bond motifs is 2. The number of ether oxygens (including phenoxy) is 2. The molecule has 3 N–H and O–H groups in total. The lowest BCUT2D eigenvalue weighted by Gasteiger charge is -2.34. The van der Waals surface area contributed by atoms with Crippen molar-refractivity contribution < 1.29 is 22.7 Å². The van der Waals surface area contributed by atoms with Gasteiger partial charge < -0.3 is 20.5 Å². The lowest BCUT2D eigenvalue weighted by molar-refractivity contribution is -0.00714. The summed E-state index contributed by atoms with van der Waals surface area (Å²) < 4.78 is 35.2. The molecule has 0 bridgehead atoms. The number of hydrogen-bond donors (Lipinski definition) is 2. The van der Waals surface area contributed by atoms with Gasteiger partial charge in [0.2, 0.25) is 5.88 Å². The minimum absolute atomic E-state index is 0.222. The summed E-state index contributed by atoms with van der Waals surface area (Å²) in [6.45, 7) is 7.68. The summed E-state index contributed by atoms with van der Waals surface area (Å²) in [4.78, 5) is 26.1. The van der Waals surface area contributed by atoms with Crippen LogP contribution in [0.3, 0.4) is 0 Å². The smallest absolute Gasteiger partial charge is 0.340 e. The SMILES string of the molecule is CCC(C)(N)c1cnc(O[C@H]2C[C@@H](S(C)(=O)=O)C2)c2cnc(Nc3ccc4c(n3)CC(C)(C)OC4=O)cc12. The number of carbonyl (C=O) groups is 1. The number of cyclic esters (lactones) is 1. The van der Waals surface area contributed by atoms with Gasteiger partial charge in [0.15, 0.2) is 9.84 Å². The lowest BCUT2D eigenvalue weighted by Crippen LogP contribution is -2.42. The van der Waals surface area contributed by atoms with Crippen molar-refractivity contribution in [2.24, 2.45) is 5.73 Å². The molecule has 0 aromatic carbocycles. The average Bonchev–Trinajstić information content (AvgIpc) is 2.79. The van der Waals surface area contributed by atoms with Crippen LogP contribution in [0.5, 0.6) is 5.88 Å². The summed E-state index contributed by atoms with van der Waals surface area (Å²) >= 11 is 0. The Morgan fingerprint density at radius 2 is 1.92 bits per heavy atom. The van der Waals surface area contributed by atoms with E-state index in [1.807, 2.05) is 33.8 Å². The molecule has 3 aromatic heterocycles. The maximum Gasteiger partial charge on any atom is 0.340 e. The van der Waals surface area contributed by atoms with Gasteiger partial charge in [-0.15, -0.1) is 0 Å². The highest BCUT2D eigenvalue weighted by molar-refractivity contribution is 7.91. The van der Waals surface area contributed by atoms with Crippen LogP contribution in [-0.4, -0.2) is 52.5 Å². The monoisotopic (exact) mass is 539 g/mol. The molecular weight excluding hydrogens is 506 g/mol. The Kier molecular flexibility index (Phi) is 6.34. The van der Waals surface area contributed by atoms with Crippen molar-refractivity contribution in [3.05, 3.63) is 47.4 Å². The zero-order chi connectivity index (χ0) is 27.5. The Morgan fingerprint density at radius 3 is 2.61 bits per heavy atom. The van der Waals surface area contributed by atoms with Crippen molar-refractivity contribution in [3.8, 4) is 5.88 Å². The van der Waals surface area contributed by atoms with Crippen molar-refractivity contribution in [2.75, 3.05) is 11.6 Å². The Hall–Kier alpha value is -3.31. The first-order valence-corrected chi connectivity index (χ1v) is 14.6. The third kappa shape index (κ3) is 5.04. The summed E-state index contributed by atoms with van der Waals surface area (Å²) in [5.41, 5.74) is 7.35. The molecule has 2 aliphatic rings. The van der Waals surface area contributed by atoms with E-state index in [0.29, 0.717) is 59.8 Å². The van der Waals surface area contributed by atoms with Crippen LogP contribution < -0.4 is 15.8 Å². The van der Waals surface area contributed by atoms with Gasteiger partial charge in [0.1, 0.15) is 23.3 Å². The van der Waals surface area contributed by atoms with Gasteiger partial charge in [-0.25, -0.2) is 28.2 Å². The molecule has 0 spiro atoms. The van der Waals surface area contributed by atoms with Crippen LogP contribution in [0.25, 0.3) is 10.8 Å². The fourth-order valence-electron chi connectivity index (χ4n) is 4.81. The second-order valence-electron chi connectivity index (χ2n) is 11.2. The molecule has 11 heteroatoms. The number of hydrogen-bond acceptors (Lipinski definition) is 10. The van der Waals surface area contributed by atoms with Crippen molar-refractivity contribution in [1.29, 1.82) is 0 Å². The van der Waals surface area contributed by atoms with Gasteiger partial charge in [0.05, 0.1) is 21.9 Å². The van der Waals surface area contributed by atoms with Crippen LogP contribution in [0.1, 0.15) is 68.6 Å². The number of sulfone groups is 1. The van der Waals surface area contributed by atoms with Crippen LogP contribution in [0.4, 0.5) is 11.6 Å². The van der Waals surface area contributed by atoms with Crippen LogP contribution >= 0.6 is 0 Å². The fourth-order valence-corrected chi connectivity index (χ4v) is 5.94. The number of carbonyl (C=O) groups excluding carboxylic acids is 1. The molecule has 3 aromatic rings. The van der Waals surface area contributed by atoms with Crippen molar-refractivity contribution in [2.45, 2.75) is 75.9 Å². The first kappa shape index (κ1) is 26.3. The van der Waals surface area contributed by atoms with Crippen molar-refractivity contribution in [3.63, 3.8) is 0 Å². The number of nitrogens with one attached hydrogen (secondary N) is 1. The fraction of sp³-hybridized carbons (Fsp3) is 0.481. The summed E-state index contributed by atoms with van der Waals surface area (Å²) in [6, 6.07) is 5.32. The van der Waals surface area contributed by atoms with E-state index in [0.717, 1.165) is 10.9 Å². The highest BCUT2D eigenvalue weighted by Gasteiger charge is 2.38. The molecule has 0 saturated heterocycles. The van der Waals surface area contributed by atoms with Crippen molar-refractivity contribution >= 4 is 38.2 Å². The molecule has 4 heterocycles. The summed E-state index contributed by atoms with van der Waals surface area (Å²) in [5, 5.41) is 4.40. The number of aromatic nitrogens is 3. The molecule has 1 saturated carbocycles. The number of anilines is 2. The van der Waals surface area contributed by atoms with E-state index in [2.05, 4.69) is 20.3 Å². The average molecular weight is 540 g/mol. The molecule has 0 radical (unpaired) electrons. The normalized spacial score (nSPS) is 22.1. The number of nitrogens with two attached hydrogens (primary N) is 1. The van der Waals surface area contributed by atoms with Crippen LogP contribution in [0.15, 0.2) is 30.6 Å². The van der Waals surface area contributed by atoms with E-state index in [4.69, 9.17) is 15.2 Å². The maximum atomic E-state index is 12.3. The van der Waals surface area contributed by atoms with Gasteiger partial charge in [-0.2, -0.15) is 0 Å². The Labute approximate surface area is 222 Å². The maximum absolute atomic E-state index is 12.3. The Balaban J connectivity index is 1.47. The molecule has 1 aliphatic heterocycles. The van der Waals surface area contributed by atoms with Crippen LogP contribution in [-0.2, 0) is 26.5 Å². The third-order valence-electron chi connectivity index (χ3n) is 7.43. The van der Waals surface area contributed by atoms with E-state index in [1.54, 1.807) is 24.5 Å². The first-order chi connectivity index (χ1) is 17.8. The molecule has 38 heavy (non-hydrogen) atoms. The number of pyridine rings is 3. The van der Waals surface area contributed by atoms with E-state index in [-0.39, 0.29) is 17.3 Å². The number of esters is 1. The van der Waals surface area contributed by atoms with Gasteiger partial charge in [-0.05, 0) is 56.3 Å². The lowest BCUT2D eigenvalue weighted by atomic mass is 9.88. The largest absolute Gasteiger partial charge is 0.474 e. The van der Waals surface area contributed by atoms with Gasteiger partial charge in [-0.3, -0.25) is 0 Å². The first-order valence-electron chi connectivity index (χ1n) is 12.7. The summed E-state index contributed by atoms with van der Waals surface area (Å²) in [7, 11) is -3.08. The summed E-state index contributed by atoms with van der Waals surface area (Å²) in [6.07, 6.45) is 6.51. The van der Waals surface area contributed by atoms with E-state index in [1.165, 1.54) is 6.26 Å². The Morgan fingerprint density at radius 1 is 1.18 bits per heavy atom. The number of rotatable bonds is 7. The molecule has 1 atom stereocenters. The van der Waals surface area contributed by atoms with Gasteiger partial charge in [0, 0.05) is 43.5 Å². The highest BCUT2D eigenvalue weighted by Crippen LogP contribution is 2.37. The topological polar surface area (TPSA) is 146 Å². The second-order valence-corrected chi connectivity index (χ2v) is 13.5. The molecular formula is C27H33N5O5S. The zero-order valence-corrected chi connectivity index (χ0v) is 23.1. The molecule has 202 valence electrons. The second kappa shape index (κ2) is 9.16. The molecule has 1 aliphatic carbocycles. The molecule has 1 unspecified atom stereocenters. The molecule has 1 fully saturated rings. The predicted molar refractivity (Wildman–Crippen MR) is 144 cm³/mol. The van der Waals surface area contributed by atoms with Crippen LogP contribution in [0.2, 0.25) is 0 Å². The van der Waals surface area contributed by atoms with E-state index >= 15 is 0 Å². The molecule has 5 rings (SSSR count). The number of nitrogens with zero attached hydrogens (tertiary/aromatic N) is 3. The van der Waals surface area contributed by atoms with E-state index < -0.39 is 21.0 Å². The van der Waals surface area contributed by atoms with Crippen LogP contribution in [0, 0.1) is 0 Å². The van der Waals surface area contributed by atoms with Crippen molar-refractivity contribution in [1.82, 2.24) is 15.0 Å². The van der Waals surface area contributed by atoms with Gasteiger partial charge in [0.25, 0.3) is 0 Å². The minimum Gasteiger partial charge on any atom is -0.474 e. The zero-order valence-electron chi connectivity index (χ0n) is 22.2. The third-order valence-corrected chi connectivity index (χ3v) is 9.03. The Bertz CT molecular complexity index is 1530. The summed E-state index contributed by atoms with van der Waals surface area (Å²) in [5.74, 6) is 1.13. The molecule has 10 nitrogen and oxygen atoms in total. The molecule has 0 amide bonds. The quantitative estimate of drug-likeness (QED) is 0.425. The van der Waals surface area contributed by atoms with E-state index in [9.17, 15) is 13.2 Å². The van der Waals surface area contributed by atoms with Gasteiger partial charge in [-0.1, -0.05) is 6.92 Å². The standard InChI is InChI=1S/C27H33N5O5S/c1-6-27(4,28)20-14-30-24(36-15-9-16(10-15)38(5,34)35)19-13-29-23(11-18(19)20)32-22-8-7-17-21(31-22)12-26(2,3)37-25(17)33/h7-8,11,13-16H,6,9-10,12,28H2,1-5H3,(H,29,31,32)/t15-,16+,27?.